The number of hydrogen-bond donors (Lipinski definition) is 0. The number of nitrogens with zero attached hydrogens (tertiary/aromatic N) is 2. The summed E-state index contributed by atoms with van der Waals surface area (Å²) >= 11 is 8.59. The lowest BCUT2D eigenvalue weighted by molar-refractivity contribution is 1.04. The molecule has 2 rings (SSSR count). The van der Waals surface area contributed by atoms with Gasteiger partial charge in [0.1, 0.15) is 10.3 Å². The number of aryl methyl sites for hydroxylation is 1. The summed E-state index contributed by atoms with van der Waals surface area (Å²) in [6, 6.07) is 5.78. The summed E-state index contributed by atoms with van der Waals surface area (Å²) in [6.45, 7) is 1.94. The maximum Gasteiger partial charge on any atom is 0.138 e. The highest BCUT2D eigenvalue weighted by atomic mass is 79.9. The number of fused-ring (bicyclic) bond motifs is 1. The molecule has 0 aromatic carbocycles. The van der Waals surface area contributed by atoms with Crippen molar-refractivity contribution in [2.45, 2.75) is 6.92 Å². The Morgan fingerprint density at radius 2 is 2.23 bits per heavy atom. The summed E-state index contributed by atoms with van der Waals surface area (Å²) in [5.41, 5.74) is 1.83. The van der Waals surface area contributed by atoms with Crippen LogP contribution in [0.25, 0.3) is 5.65 Å². The fourth-order valence-electron chi connectivity index (χ4n) is 1.20. The predicted octanol–water partition coefficient (Wildman–Crippen LogP) is 3.13. The SMILES string of the molecule is Cc1cc(=S)n2cc(Br)ccc2n1. The summed E-state index contributed by atoms with van der Waals surface area (Å²) in [5, 5.41) is 0. The first-order chi connectivity index (χ1) is 6.16. The second kappa shape index (κ2) is 3.20. The third-order valence-electron chi connectivity index (χ3n) is 1.75. The van der Waals surface area contributed by atoms with Crippen molar-refractivity contribution in [3.05, 3.63) is 39.2 Å². The van der Waals surface area contributed by atoms with Crippen LogP contribution in [0.4, 0.5) is 0 Å². The molecule has 66 valence electrons. The molecule has 0 amide bonds. The summed E-state index contributed by atoms with van der Waals surface area (Å²) < 4.78 is 3.66. The van der Waals surface area contributed by atoms with E-state index in [-0.39, 0.29) is 0 Å². The van der Waals surface area contributed by atoms with Crippen LogP contribution >= 0.6 is 28.1 Å². The van der Waals surface area contributed by atoms with E-state index in [9.17, 15) is 0 Å². The third kappa shape index (κ3) is 1.64. The van der Waals surface area contributed by atoms with Crippen LogP contribution in [0.1, 0.15) is 5.69 Å². The van der Waals surface area contributed by atoms with Crippen LogP contribution in [-0.4, -0.2) is 9.38 Å². The van der Waals surface area contributed by atoms with Crippen molar-refractivity contribution < 1.29 is 0 Å². The van der Waals surface area contributed by atoms with E-state index < -0.39 is 0 Å². The molecular weight excluding hydrogens is 248 g/mol. The van der Waals surface area contributed by atoms with Gasteiger partial charge >= 0.3 is 0 Å². The Morgan fingerprint density at radius 3 is 3.00 bits per heavy atom. The van der Waals surface area contributed by atoms with Gasteiger partial charge in [-0.25, -0.2) is 4.98 Å². The Bertz CT molecular complexity index is 518. The Balaban J connectivity index is 2.95. The van der Waals surface area contributed by atoms with Crippen LogP contribution in [0, 0.1) is 11.6 Å². The van der Waals surface area contributed by atoms with Crippen LogP contribution in [0.2, 0.25) is 0 Å². The van der Waals surface area contributed by atoms with Crippen LogP contribution in [0.3, 0.4) is 0 Å². The summed E-state index contributed by atoms with van der Waals surface area (Å²) in [4.78, 5) is 4.35. The minimum absolute atomic E-state index is 0.781. The molecule has 0 aliphatic carbocycles. The number of hydrogen-bond acceptors (Lipinski definition) is 2. The zero-order valence-corrected chi connectivity index (χ0v) is 9.39. The smallest absolute Gasteiger partial charge is 0.138 e. The quantitative estimate of drug-likeness (QED) is 0.673. The Hall–Kier alpha value is -0.740. The molecule has 2 aromatic heterocycles. The topological polar surface area (TPSA) is 17.3 Å². The second-order valence-electron chi connectivity index (χ2n) is 2.81. The Morgan fingerprint density at radius 1 is 1.46 bits per heavy atom. The van der Waals surface area contributed by atoms with Gasteiger partial charge in [0.25, 0.3) is 0 Å². The molecule has 0 fully saturated rings. The van der Waals surface area contributed by atoms with E-state index in [0.717, 1.165) is 20.5 Å². The van der Waals surface area contributed by atoms with Crippen molar-refractivity contribution in [3.63, 3.8) is 0 Å². The fraction of sp³-hybridized carbons (Fsp3) is 0.111. The molecule has 0 atom stereocenters. The van der Waals surface area contributed by atoms with Crippen LogP contribution in [0.15, 0.2) is 28.9 Å². The number of aromatic nitrogens is 2. The zero-order valence-electron chi connectivity index (χ0n) is 6.99. The van der Waals surface area contributed by atoms with Gasteiger partial charge in [-0.1, -0.05) is 12.2 Å². The molecule has 0 aliphatic heterocycles. The zero-order chi connectivity index (χ0) is 9.42. The molecule has 4 heteroatoms. The van der Waals surface area contributed by atoms with Crippen molar-refractivity contribution in [2.24, 2.45) is 0 Å². The molecule has 0 N–H and O–H groups in total. The van der Waals surface area contributed by atoms with Crippen molar-refractivity contribution >= 4 is 33.8 Å². The molecular formula is C9H7BrN2S. The van der Waals surface area contributed by atoms with Gasteiger partial charge in [0.2, 0.25) is 0 Å². The average Bonchev–Trinajstić information content (AvgIpc) is 2.06. The van der Waals surface area contributed by atoms with E-state index in [4.69, 9.17) is 12.2 Å². The highest BCUT2D eigenvalue weighted by Crippen LogP contribution is 2.11. The standard InChI is InChI=1S/C9H7BrN2S/c1-6-4-9(13)12-5-7(10)2-3-8(12)11-6/h2-5H,1H3. The summed E-state index contributed by atoms with van der Waals surface area (Å²) in [7, 11) is 0. The van der Waals surface area contributed by atoms with E-state index in [1.165, 1.54) is 0 Å². The normalized spacial score (nSPS) is 10.6. The first-order valence-electron chi connectivity index (χ1n) is 3.82. The first-order valence-corrected chi connectivity index (χ1v) is 5.02. The molecule has 0 radical (unpaired) electrons. The molecule has 0 saturated carbocycles. The number of pyridine rings is 1. The van der Waals surface area contributed by atoms with E-state index in [1.807, 2.05) is 35.7 Å². The minimum Gasteiger partial charge on any atom is -0.291 e. The Kier molecular flexibility index (Phi) is 2.17. The predicted molar refractivity (Wildman–Crippen MR) is 58.5 cm³/mol. The van der Waals surface area contributed by atoms with Gasteiger partial charge in [-0.2, -0.15) is 0 Å². The maximum absolute atomic E-state index is 5.20. The minimum atomic E-state index is 0.781. The average molecular weight is 255 g/mol. The third-order valence-corrected chi connectivity index (χ3v) is 2.54. The molecule has 0 bridgehead atoms. The lowest BCUT2D eigenvalue weighted by Crippen LogP contribution is -1.94. The van der Waals surface area contributed by atoms with Gasteiger partial charge in [0.15, 0.2) is 0 Å². The number of rotatable bonds is 0. The molecule has 0 aliphatic rings. The molecule has 2 nitrogen and oxygen atoms in total. The van der Waals surface area contributed by atoms with Crippen molar-refractivity contribution in [3.8, 4) is 0 Å². The van der Waals surface area contributed by atoms with E-state index >= 15 is 0 Å². The van der Waals surface area contributed by atoms with Crippen molar-refractivity contribution in [1.29, 1.82) is 0 Å². The Labute approximate surface area is 89.4 Å². The number of halogens is 1. The molecule has 0 unspecified atom stereocenters. The van der Waals surface area contributed by atoms with Gasteiger partial charge in [-0.15, -0.1) is 0 Å². The van der Waals surface area contributed by atoms with Gasteiger partial charge in [-0.3, -0.25) is 4.40 Å². The molecule has 0 saturated heterocycles. The van der Waals surface area contributed by atoms with Crippen LogP contribution in [-0.2, 0) is 0 Å². The van der Waals surface area contributed by atoms with Gasteiger partial charge < -0.3 is 0 Å². The second-order valence-corrected chi connectivity index (χ2v) is 4.15. The van der Waals surface area contributed by atoms with Gasteiger partial charge in [0.05, 0.1) is 0 Å². The largest absolute Gasteiger partial charge is 0.291 e. The molecule has 2 heterocycles. The van der Waals surface area contributed by atoms with E-state index in [0.29, 0.717) is 0 Å². The summed E-state index contributed by atoms with van der Waals surface area (Å²) in [5.74, 6) is 0. The summed E-state index contributed by atoms with van der Waals surface area (Å²) in [6.07, 6.45) is 1.92. The van der Waals surface area contributed by atoms with E-state index in [2.05, 4.69) is 20.9 Å². The molecule has 13 heavy (non-hydrogen) atoms. The first kappa shape index (κ1) is 8.84. The van der Waals surface area contributed by atoms with Crippen LogP contribution in [0.5, 0.6) is 0 Å². The maximum atomic E-state index is 5.20. The van der Waals surface area contributed by atoms with Gasteiger partial charge in [0, 0.05) is 16.4 Å². The molecule has 2 aromatic rings. The fourth-order valence-corrected chi connectivity index (χ4v) is 1.85. The lowest BCUT2D eigenvalue weighted by Gasteiger charge is -2.02. The van der Waals surface area contributed by atoms with Crippen LogP contribution < -0.4 is 0 Å². The molecule has 0 spiro atoms. The monoisotopic (exact) mass is 254 g/mol. The highest BCUT2D eigenvalue weighted by Gasteiger charge is 1.96. The highest BCUT2D eigenvalue weighted by molar-refractivity contribution is 9.10. The van der Waals surface area contributed by atoms with Crippen molar-refractivity contribution in [2.75, 3.05) is 0 Å². The van der Waals surface area contributed by atoms with Gasteiger partial charge in [-0.05, 0) is 41.1 Å². The van der Waals surface area contributed by atoms with Crippen molar-refractivity contribution in [1.82, 2.24) is 9.38 Å². The van der Waals surface area contributed by atoms with E-state index in [1.54, 1.807) is 0 Å². The lowest BCUT2D eigenvalue weighted by atomic mass is 10.4.